The first-order valence-corrected chi connectivity index (χ1v) is 8.35. The first kappa shape index (κ1) is 15.7. The Morgan fingerprint density at radius 2 is 2.38 bits per heavy atom. The second-order valence-electron chi connectivity index (χ2n) is 4.11. The normalized spacial score (nSPS) is 10.1. The fourth-order valence-corrected chi connectivity index (χ4v) is 3.24. The molecule has 0 saturated heterocycles. The highest BCUT2D eigenvalue weighted by Crippen LogP contribution is 2.20. The van der Waals surface area contributed by atoms with E-state index in [1.54, 1.807) is 42.5 Å². The van der Waals surface area contributed by atoms with Gasteiger partial charge in [0.15, 0.2) is 0 Å². The van der Waals surface area contributed by atoms with Crippen molar-refractivity contribution < 1.29 is 9.53 Å². The van der Waals surface area contributed by atoms with Gasteiger partial charge in [0, 0.05) is 35.6 Å². The molecule has 1 aromatic carbocycles. The van der Waals surface area contributed by atoms with E-state index < -0.39 is 0 Å². The maximum Gasteiger partial charge on any atom is 0.319 e. The summed E-state index contributed by atoms with van der Waals surface area (Å²) in [5.74, 6) is 1.65. The number of benzene rings is 1. The van der Waals surface area contributed by atoms with Gasteiger partial charge < -0.3 is 15.4 Å². The Balaban J connectivity index is 1.63. The summed E-state index contributed by atoms with van der Waals surface area (Å²) in [4.78, 5) is 15.9. The van der Waals surface area contributed by atoms with E-state index in [4.69, 9.17) is 4.74 Å². The maximum absolute atomic E-state index is 11.7. The number of nitrogens with one attached hydrogen (secondary N) is 2. The summed E-state index contributed by atoms with van der Waals surface area (Å²) in [5, 5.41) is 7.56. The smallest absolute Gasteiger partial charge is 0.319 e. The zero-order chi connectivity index (χ0) is 14.9. The number of amides is 2. The van der Waals surface area contributed by atoms with Crippen molar-refractivity contribution in [2.75, 3.05) is 24.7 Å². The Hall–Kier alpha value is -1.73. The van der Waals surface area contributed by atoms with E-state index in [0.717, 1.165) is 16.5 Å². The molecule has 2 N–H and O–H groups in total. The van der Waals surface area contributed by atoms with Gasteiger partial charge in [-0.25, -0.2) is 9.78 Å². The number of methoxy groups -OCH3 is 1. The summed E-state index contributed by atoms with van der Waals surface area (Å²) in [7, 11) is 1.60. The lowest BCUT2D eigenvalue weighted by atomic mass is 10.3. The Morgan fingerprint density at radius 3 is 3.14 bits per heavy atom. The fourth-order valence-electron chi connectivity index (χ4n) is 1.59. The number of carbonyl (C=O) groups excluding carboxylic acids is 1. The molecule has 2 amide bonds. The van der Waals surface area contributed by atoms with Gasteiger partial charge >= 0.3 is 6.03 Å². The Bertz CT molecular complexity index is 561. The second-order valence-corrected chi connectivity index (χ2v) is 6.35. The van der Waals surface area contributed by atoms with Crippen LogP contribution in [0.15, 0.2) is 40.2 Å². The van der Waals surface area contributed by atoms with Crippen molar-refractivity contribution in [3.8, 4) is 5.75 Å². The molecular formula is C14H17N3O2S2. The molecular weight excluding hydrogens is 306 g/mol. The largest absolute Gasteiger partial charge is 0.497 e. The van der Waals surface area contributed by atoms with Gasteiger partial charge in [0.05, 0.1) is 7.11 Å². The van der Waals surface area contributed by atoms with Crippen LogP contribution in [0.2, 0.25) is 0 Å². The average molecular weight is 323 g/mol. The lowest BCUT2D eigenvalue weighted by Gasteiger charge is -2.08. The summed E-state index contributed by atoms with van der Waals surface area (Å²) < 4.78 is 6.17. The first-order chi connectivity index (χ1) is 10.3. The van der Waals surface area contributed by atoms with E-state index in [-0.39, 0.29) is 6.03 Å². The predicted octanol–water partition coefficient (Wildman–Crippen LogP) is 3.46. The summed E-state index contributed by atoms with van der Waals surface area (Å²) in [6.07, 6.45) is 2.70. The van der Waals surface area contributed by atoms with Crippen molar-refractivity contribution in [1.29, 1.82) is 0 Å². The van der Waals surface area contributed by atoms with E-state index in [9.17, 15) is 4.79 Å². The number of thioether (sulfide) groups is 1. The predicted molar refractivity (Wildman–Crippen MR) is 87.5 cm³/mol. The number of anilines is 1. The fraction of sp³-hybridized carbons (Fsp3) is 0.286. The van der Waals surface area contributed by atoms with Crippen molar-refractivity contribution >= 4 is 34.8 Å². The molecule has 0 fully saturated rings. The van der Waals surface area contributed by atoms with Crippen LogP contribution in [0.1, 0.15) is 6.42 Å². The molecule has 5 nitrogen and oxygen atoms in total. The third-order valence-corrected chi connectivity index (χ3v) is 4.62. The Kier molecular flexibility index (Phi) is 6.36. The van der Waals surface area contributed by atoms with Gasteiger partial charge in [0.2, 0.25) is 0 Å². The molecule has 7 heteroatoms. The molecule has 0 aliphatic carbocycles. The number of hydrogen-bond donors (Lipinski definition) is 2. The number of aromatic nitrogens is 1. The molecule has 0 radical (unpaired) electrons. The third-order valence-electron chi connectivity index (χ3n) is 2.57. The number of thiazole rings is 1. The van der Waals surface area contributed by atoms with Gasteiger partial charge in [0.25, 0.3) is 0 Å². The van der Waals surface area contributed by atoms with E-state index in [0.29, 0.717) is 18.0 Å². The molecule has 0 spiro atoms. The molecule has 1 heterocycles. The Labute approximate surface area is 132 Å². The van der Waals surface area contributed by atoms with Crippen LogP contribution >= 0.6 is 23.1 Å². The summed E-state index contributed by atoms with van der Waals surface area (Å²) in [6, 6.07) is 7.05. The zero-order valence-electron chi connectivity index (χ0n) is 11.7. The van der Waals surface area contributed by atoms with Crippen LogP contribution in [-0.2, 0) is 0 Å². The number of rotatable bonds is 7. The van der Waals surface area contributed by atoms with Crippen molar-refractivity contribution in [2.45, 2.75) is 10.8 Å². The Morgan fingerprint density at radius 1 is 1.48 bits per heavy atom. The molecule has 0 aliphatic rings. The van der Waals surface area contributed by atoms with Gasteiger partial charge in [-0.1, -0.05) is 17.8 Å². The minimum Gasteiger partial charge on any atom is -0.497 e. The van der Waals surface area contributed by atoms with E-state index in [2.05, 4.69) is 15.6 Å². The molecule has 2 rings (SSSR count). The molecule has 0 bridgehead atoms. The van der Waals surface area contributed by atoms with Gasteiger partial charge in [-0.3, -0.25) is 0 Å². The molecule has 0 aliphatic heterocycles. The lowest BCUT2D eigenvalue weighted by Crippen LogP contribution is -2.29. The van der Waals surface area contributed by atoms with Crippen LogP contribution in [-0.4, -0.2) is 30.4 Å². The highest BCUT2D eigenvalue weighted by molar-refractivity contribution is 8.00. The molecule has 112 valence electrons. The molecule has 0 saturated carbocycles. The number of hydrogen-bond acceptors (Lipinski definition) is 5. The topological polar surface area (TPSA) is 63.2 Å². The van der Waals surface area contributed by atoms with Crippen molar-refractivity contribution in [1.82, 2.24) is 10.3 Å². The van der Waals surface area contributed by atoms with E-state index in [1.165, 1.54) is 0 Å². The van der Waals surface area contributed by atoms with Crippen LogP contribution in [0.3, 0.4) is 0 Å². The van der Waals surface area contributed by atoms with Crippen molar-refractivity contribution in [3.63, 3.8) is 0 Å². The monoisotopic (exact) mass is 323 g/mol. The summed E-state index contributed by atoms with van der Waals surface area (Å²) in [5.41, 5.74) is 0.712. The van der Waals surface area contributed by atoms with E-state index in [1.807, 2.05) is 23.6 Å². The van der Waals surface area contributed by atoms with Gasteiger partial charge in [-0.15, -0.1) is 11.3 Å². The minimum atomic E-state index is -0.206. The second kappa shape index (κ2) is 8.53. The van der Waals surface area contributed by atoms with E-state index >= 15 is 0 Å². The summed E-state index contributed by atoms with van der Waals surface area (Å²) >= 11 is 3.34. The number of carbonyl (C=O) groups is 1. The molecule has 1 aromatic heterocycles. The van der Waals surface area contributed by atoms with Crippen molar-refractivity contribution in [3.05, 3.63) is 35.8 Å². The molecule has 0 atom stereocenters. The number of nitrogens with zero attached hydrogens (tertiary/aromatic N) is 1. The standard InChI is InChI=1S/C14H17N3O2S2/c1-19-12-5-2-4-11(10-12)17-13(18)15-6-3-8-20-14-16-7-9-21-14/h2,4-5,7,9-10H,3,6,8H2,1H3,(H2,15,17,18). The highest BCUT2D eigenvalue weighted by atomic mass is 32.2. The van der Waals surface area contributed by atoms with Crippen LogP contribution in [0.5, 0.6) is 5.75 Å². The van der Waals surface area contributed by atoms with Crippen LogP contribution in [0.4, 0.5) is 10.5 Å². The summed E-state index contributed by atoms with van der Waals surface area (Å²) in [6.45, 7) is 0.633. The lowest BCUT2D eigenvalue weighted by molar-refractivity contribution is 0.252. The highest BCUT2D eigenvalue weighted by Gasteiger charge is 2.02. The third kappa shape index (κ3) is 5.65. The zero-order valence-corrected chi connectivity index (χ0v) is 13.3. The SMILES string of the molecule is COc1cccc(NC(=O)NCCCSc2nccs2)c1. The average Bonchev–Trinajstić information content (AvgIpc) is 3.00. The quantitative estimate of drug-likeness (QED) is 0.605. The van der Waals surface area contributed by atoms with Gasteiger partial charge in [-0.05, 0) is 18.6 Å². The van der Waals surface area contributed by atoms with Crippen LogP contribution in [0, 0.1) is 0 Å². The maximum atomic E-state index is 11.7. The van der Waals surface area contributed by atoms with Gasteiger partial charge in [0.1, 0.15) is 10.1 Å². The first-order valence-electron chi connectivity index (χ1n) is 6.49. The van der Waals surface area contributed by atoms with Gasteiger partial charge in [-0.2, -0.15) is 0 Å². The molecule has 2 aromatic rings. The molecule has 0 unspecified atom stereocenters. The molecule has 21 heavy (non-hydrogen) atoms. The number of ether oxygens (including phenoxy) is 1. The minimum absolute atomic E-state index is 0.206. The number of urea groups is 1. The van der Waals surface area contributed by atoms with Crippen LogP contribution in [0.25, 0.3) is 0 Å². The van der Waals surface area contributed by atoms with Crippen LogP contribution < -0.4 is 15.4 Å². The van der Waals surface area contributed by atoms with Crippen molar-refractivity contribution in [2.24, 2.45) is 0 Å².